The van der Waals surface area contributed by atoms with E-state index in [1.165, 1.54) is 167 Å². The molecule has 0 aromatic rings. The van der Waals surface area contributed by atoms with Crippen LogP contribution in [0.5, 0.6) is 0 Å². The fourth-order valence-electron chi connectivity index (χ4n) is 6.42. The summed E-state index contributed by atoms with van der Waals surface area (Å²) in [4.78, 5) is 23.4. The zero-order valence-corrected chi connectivity index (χ0v) is 31.2. The number of hydrogen-bond acceptors (Lipinski definition) is 3. The van der Waals surface area contributed by atoms with E-state index in [1.54, 1.807) is 0 Å². The Morgan fingerprint density at radius 1 is 0.457 bits per heavy atom. The monoisotopic (exact) mass is 649 g/mol. The zero-order valence-electron chi connectivity index (χ0n) is 31.2. The van der Waals surface area contributed by atoms with Crippen LogP contribution in [-0.4, -0.2) is 23.1 Å². The molecule has 0 rings (SSSR count). The molecule has 0 aliphatic rings. The van der Waals surface area contributed by atoms with Gasteiger partial charge in [-0.05, 0) is 64.2 Å². The third kappa shape index (κ3) is 37.1. The molecule has 46 heavy (non-hydrogen) atoms. The molecule has 0 aliphatic carbocycles. The molecule has 0 saturated heterocycles. The van der Waals surface area contributed by atoms with Gasteiger partial charge < -0.3 is 9.84 Å². The Morgan fingerprint density at radius 3 is 1.20 bits per heavy atom. The first-order valence-electron chi connectivity index (χ1n) is 20.7. The molecule has 1 unspecified atom stereocenters. The fraction of sp³-hybridized carbons (Fsp3) is 0.905. The summed E-state index contributed by atoms with van der Waals surface area (Å²) in [5, 5.41) is 8.94. The number of aliphatic carboxylic acids is 1. The van der Waals surface area contributed by atoms with E-state index in [2.05, 4.69) is 26.0 Å². The lowest BCUT2D eigenvalue weighted by Gasteiger charge is -2.18. The molecule has 0 amide bonds. The van der Waals surface area contributed by atoms with E-state index in [-0.39, 0.29) is 18.5 Å². The van der Waals surface area contributed by atoms with Gasteiger partial charge in [-0.25, -0.2) is 0 Å². The molecule has 1 atom stereocenters. The second kappa shape index (κ2) is 38.1. The second-order valence-electron chi connectivity index (χ2n) is 14.2. The van der Waals surface area contributed by atoms with Crippen molar-refractivity contribution >= 4 is 11.9 Å². The van der Waals surface area contributed by atoms with Crippen LogP contribution in [0.1, 0.15) is 239 Å². The topological polar surface area (TPSA) is 63.6 Å². The van der Waals surface area contributed by atoms with Crippen LogP contribution in [0.25, 0.3) is 0 Å². The molecule has 0 heterocycles. The number of carbonyl (C=O) groups excluding carboxylic acids is 1. The highest BCUT2D eigenvalue weighted by Gasteiger charge is 2.14. The Morgan fingerprint density at radius 2 is 0.783 bits per heavy atom. The number of esters is 1. The molecule has 0 radical (unpaired) electrons. The van der Waals surface area contributed by atoms with Gasteiger partial charge in [0.1, 0.15) is 6.10 Å². The van der Waals surface area contributed by atoms with Gasteiger partial charge in [0.15, 0.2) is 0 Å². The lowest BCUT2D eigenvalue weighted by molar-refractivity contribution is -0.150. The highest BCUT2D eigenvalue weighted by molar-refractivity contribution is 5.69. The quantitative estimate of drug-likeness (QED) is 0.0411. The normalized spacial score (nSPS) is 12.2. The largest absolute Gasteiger partial charge is 0.481 e. The van der Waals surface area contributed by atoms with Gasteiger partial charge in [0, 0.05) is 12.8 Å². The van der Waals surface area contributed by atoms with E-state index in [9.17, 15) is 9.59 Å². The Kier molecular flexibility index (Phi) is 37.0. The Hall–Kier alpha value is -1.32. The first-order chi connectivity index (χ1) is 22.6. The van der Waals surface area contributed by atoms with E-state index in [0.717, 1.165) is 38.5 Å². The maximum atomic E-state index is 12.6. The van der Waals surface area contributed by atoms with Crippen molar-refractivity contribution in [3.63, 3.8) is 0 Å². The van der Waals surface area contributed by atoms with Crippen LogP contribution in [0.2, 0.25) is 0 Å². The molecule has 0 aliphatic heterocycles. The Labute approximate surface area is 287 Å². The molecule has 1 N–H and O–H groups in total. The minimum Gasteiger partial charge on any atom is -0.481 e. The summed E-state index contributed by atoms with van der Waals surface area (Å²) in [6, 6.07) is 0. The number of allylic oxidation sites excluding steroid dienone is 2. The number of rotatable bonds is 38. The predicted molar refractivity (Wildman–Crippen MR) is 200 cm³/mol. The predicted octanol–water partition coefficient (Wildman–Crippen LogP) is 14.2. The maximum Gasteiger partial charge on any atom is 0.306 e. The van der Waals surface area contributed by atoms with E-state index in [0.29, 0.717) is 12.8 Å². The van der Waals surface area contributed by atoms with Gasteiger partial charge in [0.05, 0.1) is 0 Å². The number of unbranched alkanes of at least 4 members (excludes halogenated alkanes) is 27. The average molecular weight is 649 g/mol. The number of carboxylic acid groups (broad SMARTS) is 1. The van der Waals surface area contributed by atoms with Gasteiger partial charge in [0.25, 0.3) is 0 Å². The molecule has 0 saturated carbocycles. The molecule has 0 spiro atoms. The second-order valence-corrected chi connectivity index (χ2v) is 14.2. The highest BCUT2D eigenvalue weighted by atomic mass is 16.5. The summed E-state index contributed by atoms with van der Waals surface area (Å²) in [6.07, 6.45) is 46.7. The number of carbonyl (C=O) groups is 2. The number of ether oxygens (including phenoxy) is 1. The van der Waals surface area contributed by atoms with Crippen LogP contribution < -0.4 is 0 Å². The summed E-state index contributed by atoms with van der Waals surface area (Å²) in [5.74, 6) is -0.792. The third-order valence-electron chi connectivity index (χ3n) is 9.49. The van der Waals surface area contributed by atoms with Crippen molar-refractivity contribution in [1.29, 1.82) is 0 Å². The molecule has 0 aromatic heterocycles. The molecule has 4 nitrogen and oxygen atoms in total. The SMILES string of the molecule is CCCCCCCC/C=C\CCCCCCCCCCCCCC(=O)OC(CCCCCCCCCCCC)CCCCC(=O)O. The smallest absolute Gasteiger partial charge is 0.306 e. The molecule has 272 valence electrons. The van der Waals surface area contributed by atoms with Gasteiger partial charge in [-0.15, -0.1) is 0 Å². The van der Waals surface area contributed by atoms with Crippen molar-refractivity contribution in [2.24, 2.45) is 0 Å². The van der Waals surface area contributed by atoms with Crippen molar-refractivity contribution in [1.82, 2.24) is 0 Å². The van der Waals surface area contributed by atoms with Crippen LogP contribution in [0.4, 0.5) is 0 Å². The standard InChI is InChI=1S/C42H80O4/c1-3-5-7-9-11-13-15-16-17-18-19-20-21-22-23-24-25-27-29-31-33-39-42(45)46-40(37-34-35-38-41(43)44)36-32-30-28-26-14-12-10-8-6-4-2/h16-17,40H,3-15,18-39H2,1-2H3,(H,43,44)/b17-16-. The summed E-state index contributed by atoms with van der Waals surface area (Å²) < 4.78 is 5.89. The molecular formula is C42H80O4. The van der Waals surface area contributed by atoms with Crippen molar-refractivity contribution in [3.05, 3.63) is 12.2 Å². The first-order valence-corrected chi connectivity index (χ1v) is 20.7. The minimum absolute atomic E-state index is 0.0401. The van der Waals surface area contributed by atoms with Crippen LogP contribution in [-0.2, 0) is 14.3 Å². The van der Waals surface area contributed by atoms with Crippen LogP contribution in [0.3, 0.4) is 0 Å². The van der Waals surface area contributed by atoms with E-state index in [1.807, 2.05) is 0 Å². The summed E-state index contributed by atoms with van der Waals surface area (Å²) in [7, 11) is 0. The van der Waals surface area contributed by atoms with Crippen molar-refractivity contribution < 1.29 is 19.4 Å². The van der Waals surface area contributed by atoms with Crippen LogP contribution >= 0.6 is 0 Å². The van der Waals surface area contributed by atoms with E-state index in [4.69, 9.17) is 9.84 Å². The summed E-state index contributed by atoms with van der Waals surface area (Å²) >= 11 is 0. The molecule has 0 bridgehead atoms. The van der Waals surface area contributed by atoms with E-state index < -0.39 is 5.97 Å². The van der Waals surface area contributed by atoms with Crippen molar-refractivity contribution in [2.45, 2.75) is 245 Å². The van der Waals surface area contributed by atoms with Crippen LogP contribution in [0, 0.1) is 0 Å². The van der Waals surface area contributed by atoms with Gasteiger partial charge in [-0.3, -0.25) is 9.59 Å². The first kappa shape index (κ1) is 44.7. The Balaban J connectivity index is 3.74. The van der Waals surface area contributed by atoms with Gasteiger partial charge in [-0.2, -0.15) is 0 Å². The average Bonchev–Trinajstić information content (AvgIpc) is 3.04. The molecular weight excluding hydrogens is 568 g/mol. The lowest BCUT2D eigenvalue weighted by Crippen LogP contribution is -2.18. The zero-order chi connectivity index (χ0) is 33.6. The summed E-state index contributed by atoms with van der Waals surface area (Å²) in [6.45, 7) is 4.54. The van der Waals surface area contributed by atoms with Crippen molar-refractivity contribution in [3.8, 4) is 0 Å². The van der Waals surface area contributed by atoms with Gasteiger partial charge >= 0.3 is 11.9 Å². The van der Waals surface area contributed by atoms with Gasteiger partial charge in [0.2, 0.25) is 0 Å². The molecule has 0 fully saturated rings. The maximum absolute atomic E-state index is 12.6. The third-order valence-corrected chi connectivity index (χ3v) is 9.49. The molecule has 4 heteroatoms. The van der Waals surface area contributed by atoms with Crippen molar-refractivity contribution in [2.75, 3.05) is 0 Å². The molecule has 0 aromatic carbocycles. The Bertz CT molecular complexity index is 658. The van der Waals surface area contributed by atoms with Gasteiger partial charge in [-0.1, -0.05) is 174 Å². The number of hydrogen-bond donors (Lipinski definition) is 1. The lowest BCUT2D eigenvalue weighted by atomic mass is 10.0. The fourth-order valence-corrected chi connectivity index (χ4v) is 6.42. The summed E-state index contributed by atoms with van der Waals surface area (Å²) in [5.41, 5.74) is 0. The number of carboxylic acids is 1. The highest BCUT2D eigenvalue weighted by Crippen LogP contribution is 2.19. The minimum atomic E-state index is -0.740. The van der Waals surface area contributed by atoms with Crippen LogP contribution in [0.15, 0.2) is 12.2 Å². The van der Waals surface area contributed by atoms with E-state index >= 15 is 0 Å².